The van der Waals surface area contributed by atoms with Crippen molar-refractivity contribution in [2.45, 2.75) is 19.8 Å². The number of hydrogen-bond acceptors (Lipinski definition) is 5. The monoisotopic (exact) mass is 422 g/mol. The number of fused-ring (bicyclic) bond motifs is 1. The average molecular weight is 422 g/mol. The van der Waals surface area contributed by atoms with Gasteiger partial charge >= 0.3 is 0 Å². The molecule has 0 radical (unpaired) electrons. The Hall–Kier alpha value is -3.35. The SMILES string of the molecule is Cc1ccccc1C(=O)NCC(=O)N1CCC(C(=O)c2ccc3c(c2)OCCO3)CC1. The molecule has 2 aromatic rings. The van der Waals surface area contributed by atoms with Crippen molar-refractivity contribution in [3.05, 3.63) is 59.2 Å². The molecule has 0 aliphatic carbocycles. The fraction of sp³-hybridized carbons (Fsp3) is 0.375. The van der Waals surface area contributed by atoms with Crippen LogP contribution >= 0.6 is 0 Å². The molecule has 1 saturated heterocycles. The standard InChI is InChI=1S/C24H26N2O5/c1-16-4-2-3-5-19(16)24(29)25-15-22(27)26-10-8-17(9-11-26)23(28)18-6-7-20-21(14-18)31-13-12-30-20/h2-7,14,17H,8-13,15H2,1H3,(H,25,29). The molecule has 31 heavy (non-hydrogen) atoms. The van der Waals surface area contributed by atoms with E-state index in [-0.39, 0.29) is 30.1 Å². The summed E-state index contributed by atoms with van der Waals surface area (Å²) in [5, 5.41) is 2.70. The molecule has 2 aliphatic rings. The summed E-state index contributed by atoms with van der Waals surface area (Å²) < 4.78 is 11.1. The minimum atomic E-state index is -0.255. The normalized spacial score (nSPS) is 16.0. The maximum absolute atomic E-state index is 12.9. The van der Waals surface area contributed by atoms with Crippen LogP contribution in [-0.4, -0.2) is 55.3 Å². The lowest BCUT2D eigenvalue weighted by Gasteiger charge is -2.31. The fourth-order valence-electron chi connectivity index (χ4n) is 4.01. The third kappa shape index (κ3) is 4.71. The molecule has 1 N–H and O–H groups in total. The molecule has 2 aromatic carbocycles. The molecule has 0 unspecified atom stereocenters. The van der Waals surface area contributed by atoms with Crippen molar-refractivity contribution in [1.29, 1.82) is 0 Å². The Labute approximate surface area is 181 Å². The average Bonchev–Trinajstić information content (AvgIpc) is 2.82. The molecule has 7 nitrogen and oxygen atoms in total. The number of carbonyl (C=O) groups is 3. The lowest BCUT2D eigenvalue weighted by atomic mass is 9.88. The highest BCUT2D eigenvalue weighted by molar-refractivity contribution is 5.99. The van der Waals surface area contributed by atoms with Gasteiger partial charge in [-0.15, -0.1) is 0 Å². The first-order chi connectivity index (χ1) is 15.0. The number of nitrogens with one attached hydrogen (secondary N) is 1. The van der Waals surface area contributed by atoms with Gasteiger partial charge < -0.3 is 19.7 Å². The third-order valence-corrected chi connectivity index (χ3v) is 5.84. The van der Waals surface area contributed by atoms with Crippen molar-refractivity contribution in [1.82, 2.24) is 10.2 Å². The van der Waals surface area contributed by atoms with Crippen LogP contribution in [0.3, 0.4) is 0 Å². The van der Waals surface area contributed by atoms with E-state index in [1.807, 2.05) is 19.1 Å². The molecule has 0 spiro atoms. The van der Waals surface area contributed by atoms with E-state index in [9.17, 15) is 14.4 Å². The summed E-state index contributed by atoms with van der Waals surface area (Å²) in [6, 6.07) is 12.6. The second-order valence-corrected chi connectivity index (χ2v) is 7.88. The number of nitrogens with zero attached hydrogens (tertiary/aromatic N) is 1. The number of benzene rings is 2. The summed E-state index contributed by atoms with van der Waals surface area (Å²) in [5.41, 5.74) is 2.05. The van der Waals surface area contributed by atoms with E-state index >= 15 is 0 Å². The van der Waals surface area contributed by atoms with Crippen LogP contribution in [0.15, 0.2) is 42.5 Å². The van der Waals surface area contributed by atoms with Gasteiger partial charge in [-0.2, -0.15) is 0 Å². The number of amides is 2. The Bertz CT molecular complexity index is 995. The first-order valence-electron chi connectivity index (χ1n) is 10.6. The number of aryl methyl sites for hydroxylation is 1. The van der Waals surface area contributed by atoms with Crippen LogP contribution in [0.1, 0.15) is 39.1 Å². The zero-order chi connectivity index (χ0) is 21.8. The van der Waals surface area contributed by atoms with Crippen molar-refractivity contribution in [2.24, 2.45) is 5.92 Å². The summed E-state index contributed by atoms with van der Waals surface area (Å²) in [7, 11) is 0. The number of hydrogen-bond donors (Lipinski definition) is 1. The summed E-state index contributed by atoms with van der Waals surface area (Å²) >= 11 is 0. The molecule has 162 valence electrons. The molecular weight excluding hydrogens is 396 g/mol. The Balaban J connectivity index is 1.28. The van der Waals surface area contributed by atoms with E-state index in [1.54, 1.807) is 35.2 Å². The molecule has 0 saturated carbocycles. The summed E-state index contributed by atoms with van der Waals surface area (Å²) in [5.74, 6) is 0.817. The number of piperidine rings is 1. The summed E-state index contributed by atoms with van der Waals surface area (Å²) in [6.45, 7) is 3.80. The quantitative estimate of drug-likeness (QED) is 0.749. The summed E-state index contributed by atoms with van der Waals surface area (Å²) in [6.07, 6.45) is 1.20. The Morgan fingerprint density at radius 3 is 2.45 bits per heavy atom. The number of ether oxygens (including phenoxy) is 2. The van der Waals surface area contributed by atoms with Gasteiger partial charge in [-0.25, -0.2) is 0 Å². The lowest BCUT2D eigenvalue weighted by Crippen LogP contribution is -2.45. The highest BCUT2D eigenvalue weighted by atomic mass is 16.6. The van der Waals surface area contributed by atoms with Gasteiger partial charge in [0.15, 0.2) is 17.3 Å². The van der Waals surface area contributed by atoms with Crippen molar-refractivity contribution in [3.8, 4) is 11.5 Å². The Kier molecular flexibility index (Phi) is 6.21. The molecule has 1 fully saturated rings. The van der Waals surface area contributed by atoms with E-state index in [2.05, 4.69) is 5.32 Å². The first kappa shape index (κ1) is 20.9. The number of likely N-dealkylation sites (tertiary alicyclic amines) is 1. The third-order valence-electron chi connectivity index (χ3n) is 5.84. The van der Waals surface area contributed by atoms with Crippen LogP contribution < -0.4 is 14.8 Å². The van der Waals surface area contributed by atoms with E-state index in [0.717, 1.165) is 5.56 Å². The highest BCUT2D eigenvalue weighted by Gasteiger charge is 2.29. The van der Waals surface area contributed by atoms with Crippen LogP contribution in [0.2, 0.25) is 0 Å². The van der Waals surface area contributed by atoms with Crippen LogP contribution in [0.4, 0.5) is 0 Å². The number of ketones is 1. The predicted molar refractivity (Wildman–Crippen MR) is 115 cm³/mol. The van der Waals surface area contributed by atoms with Crippen molar-refractivity contribution in [3.63, 3.8) is 0 Å². The van der Waals surface area contributed by atoms with Crippen LogP contribution in [0.5, 0.6) is 11.5 Å². The van der Waals surface area contributed by atoms with Crippen molar-refractivity contribution in [2.75, 3.05) is 32.8 Å². The molecule has 0 bridgehead atoms. The second-order valence-electron chi connectivity index (χ2n) is 7.88. The zero-order valence-electron chi connectivity index (χ0n) is 17.6. The van der Waals surface area contributed by atoms with E-state index in [0.29, 0.717) is 61.8 Å². The maximum atomic E-state index is 12.9. The van der Waals surface area contributed by atoms with Crippen LogP contribution in [0, 0.1) is 12.8 Å². The van der Waals surface area contributed by atoms with Crippen molar-refractivity contribution >= 4 is 17.6 Å². The largest absolute Gasteiger partial charge is 0.486 e. The predicted octanol–water partition coefficient (Wildman–Crippen LogP) is 2.62. The molecule has 7 heteroatoms. The first-order valence-corrected chi connectivity index (χ1v) is 10.6. The van der Waals surface area contributed by atoms with Gasteiger partial charge in [0.2, 0.25) is 5.91 Å². The molecule has 4 rings (SSSR count). The van der Waals surface area contributed by atoms with E-state index < -0.39 is 0 Å². The van der Waals surface area contributed by atoms with Crippen LogP contribution in [0.25, 0.3) is 0 Å². The summed E-state index contributed by atoms with van der Waals surface area (Å²) in [4.78, 5) is 39.5. The smallest absolute Gasteiger partial charge is 0.251 e. The van der Waals surface area contributed by atoms with Gasteiger partial charge in [-0.05, 0) is 49.6 Å². The number of carbonyl (C=O) groups excluding carboxylic acids is 3. The molecule has 2 amide bonds. The maximum Gasteiger partial charge on any atom is 0.251 e. The van der Waals surface area contributed by atoms with Gasteiger partial charge in [0.05, 0.1) is 6.54 Å². The molecule has 2 heterocycles. The minimum Gasteiger partial charge on any atom is -0.486 e. The number of rotatable bonds is 5. The lowest BCUT2D eigenvalue weighted by molar-refractivity contribution is -0.131. The molecule has 2 aliphatic heterocycles. The van der Waals surface area contributed by atoms with E-state index in [1.165, 1.54) is 0 Å². The van der Waals surface area contributed by atoms with Gasteiger partial charge in [-0.3, -0.25) is 14.4 Å². The van der Waals surface area contributed by atoms with Gasteiger partial charge in [0, 0.05) is 30.1 Å². The topological polar surface area (TPSA) is 84.9 Å². The number of Topliss-reactive ketones (excluding diaryl/α,β-unsaturated/α-hetero) is 1. The molecule has 0 atom stereocenters. The minimum absolute atomic E-state index is 0.0477. The Morgan fingerprint density at radius 1 is 1.00 bits per heavy atom. The van der Waals surface area contributed by atoms with E-state index in [4.69, 9.17) is 9.47 Å². The van der Waals surface area contributed by atoms with Crippen molar-refractivity contribution < 1.29 is 23.9 Å². The molecular formula is C24H26N2O5. The van der Waals surface area contributed by atoms with Gasteiger partial charge in [-0.1, -0.05) is 18.2 Å². The van der Waals surface area contributed by atoms with Crippen LogP contribution in [-0.2, 0) is 4.79 Å². The zero-order valence-corrected chi connectivity index (χ0v) is 17.6. The second kappa shape index (κ2) is 9.20. The highest BCUT2D eigenvalue weighted by Crippen LogP contribution is 2.32. The molecule has 0 aromatic heterocycles. The fourth-order valence-corrected chi connectivity index (χ4v) is 4.01. The Morgan fingerprint density at radius 2 is 1.71 bits per heavy atom. The van der Waals surface area contributed by atoms with Gasteiger partial charge in [0.25, 0.3) is 5.91 Å². The van der Waals surface area contributed by atoms with Gasteiger partial charge in [0.1, 0.15) is 13.2 Å².